The lowest BCUT2D eigenvalue weighted by Crippen LogP contribution is -1.95. The van der Waals surface area contributed by atoms with Crippen molar-refractivity contribution >= 4 is 19.2 Å². The van der Waals surface area contributed by atoms with Crippen molar-refractivity contribution in [1.29, 1.82) is 0 Å². The summed E-state index contributed by atoms with van der Waals surface area (Å²) in [6, 6.07) is 0. The van der Waals surface area contributed by atoms with Crippen molar-refractivity contribution in [2.24, 2.45) is 0 Å². The van der Waals surface area contributed by atoms with Gasteiger partial charge in [0.25, 0.3) is 0 Å². The number of allylic oxidation sites excluding steroid dienone is 1. The standard InChI is InChI=1S/C7H14ClO3P/c1-4-7(8)12(9,10-5-2)11-6-3/h4H,5-6H2,1-3H3/b7-4+. The molecule has 5 heteroatoms. The molecule has 0 amide bonds. The van der Waals surface area contributed by atoms with Gasteiger partial charge in [-0.3, -0.25) is 4.57 Å². The molecule has 0 aliphatic heterocycles. The van der Waals surface area contributed by atoms with Gasteiger partial charge in [0.2, 0.25) is 0 Å². The van der Waals surface area contributed by atoms with Crippen LogP contribution in [-0.2, 0) is 13.6 Å². The van der Waals surface area contributed by atoms with E-state index < -0.39 is 7.60 Å². The fraction of sp³-hybridized carbons (Fsp3) is 0.714. The van der Waals surface area contributed by atoms with E-state index in [1.165, 1.54) is 6.08 Å². The van der Waals surface area contributed by atoms with E-state index in [0.717, 1.165) is 0 Å². The second-order valence-electron chi connectivity index (χ2n) is 1.94. The molecule has 0 saturated heterocycles. The largest absolute Gasteiger partial charge is 0.372 e. The highest BCUT2D eigenvalue weighted by Crippen LogP contribution is 2.57. The van der Waals surface area contributed by atoms with Crippen molar-refractivity contribution in [3.8, 4) is 0 Å². The Balaban J connectivity index is 4.50. The predicted octanol–water partition coefficient (Wildman–Crippen LogP) is 3.35. The third kappa shape index (κ3) is 3.28. The van der Waals surface area contributed by atoms with Crippen LogP contribution >= 0.6 is 19.2 Å². The lowest BCUT2D eigenvalue weighted by atomic mass is 10.8. The topological polar surface area (TPSA) is 35.5 Å². The van der Waals surface area contributed by atoms with E-state index in [1.807, 2.05) is 0 Å². The summed E-state index contributed by atoms with van der Waals surface area (Å²) in [5.74, 6) is 0. The van der Waals surface area contributed by atoms with E-state index in [-0.39, 0.29) is 4.77 Å². The van der Waals surface area contributed by atoms with Gasteiger partial charge in [-0.15, -0.1) is 0 Å². The first-order chi connectivity index (χ1) is 5.60. The zero-order valence-electron chi connectivity index (χ0n) is 7.54. The summed E-state index contributed by atoms with van der Waals surface area (Å²) in [6.45, 7) is 5.81. The number of hydrogen-bond donors (Lipinski definition) is 0. The quantitative estimate of drug-likeness (QED) is 0.656. The van der Waals surface area contributed by atoms with Crippen LogP contribution in [0.15, 0.2) is 10.8 Å². The number of rotatable bonds is 5. The molecule has 12 heavy (non-hydrogen) atoms. The van der Waals surface area contributed by atoms with E-state index in [9.17, 15) is 4.57 Å². The lowest BCUT2D eigenvalue weighted by Gasteiger charge is -2.15. The summed E-state index contributed by atoms with van der Waals surface area (Å²) in [4.78, 5) is 0. The van der Waals surface area contributed by atoms with Crippen LogP contribution in [-0.4, -0.2) is 13.2 Å². The Hall–Kier alpha value is 0.180. The molecule has 0 bridgehead atoms. The highest BCUT2D eigenvalue weighted by Gasteiger charge is 2.27. The molecule has 0 rings (SSSR count). The van der Waals surface area contributed by atoms with E-state index >= 15 is 0 Å². The van der Waals surface area contributed by atoms with Crippen LogP contribution in [0.3, 0.4) is 0 Å². The Morgan fingerprint density at radius 2 is 1.83 bits per heavy atom. The van der Waals surface area contributed by atoms with Crippen molar-refractivity contribution in [3.05, 3.63) is 10.8 Å². The minimum atomic E-state index is -3.18. The van der Waals surface area contributed by atoms with Crippen LogP contribution in [0.25, 0.3) is 0 Å². The van der Waals surface area contributed by atoms with Gasteiger partial charge in [-0.05, 0) is 20.8 Å². The normalized spacial score (nSPS) is 13.5. The maximum Gasteiger partial charge on any atom is 0.372 e. The van der Waals surface area contributed by atoms with Crippen molar-refractivity contribution in [2.45, 2.75) is 20.8 Å². The van der Waals surface area contributed by atoms with Crippen LogP contribution in [0, 0.1) is 0 Å². The average Bonchev–Trinajstić information content (AvgIpc) is 2.04. The average molecular weight is 213 g/mol. The molecule has 0 heterocycles. The first kappa shape index (κ1) is 12.2. The predicted molar refractivity (Wildman–Crippen MR) is 50.5 cm³/mol. The smallest absolute Gasteiger partial charge is 0.305 e. The Morgan fingerprint density at radius 1 is 1.42 bits per heavy atom. The van der Waals surface area contributed by atoms with Gasteiger partial charge in [0, 0.05) is 0 Å². The molecule has 0 aliphatic carbocycles. The molecule has 3 nitrogen and oxygen atoms in total. The van der Waals surface area contributed by atoms with Crippen LogP contribution < -0.4 is 0 Å². The molecule has 0 saturated carbocycles. The maximum atomic E-state index is 11.7. The molecular formula is C7H14ClO3P. The fourth-order valence-electron chi connectivity index (χ4n) is 0.659. The third-order valence-electron chi connectivity index (χ3n) is 1.10. The van der Waals surface area contributed by atoms with Crippen LogP contribution in [0.1, 0.15) is 20.8 Å². The molecule has 0 N–H and O–H groups in total. The molecule has 0 aliphatic rings. The van der Waals surface area contributed by atoms with E-state index in [0.29, 0.717) is 13.2 Å². The van der Waals surface area contributed by atoms with E-state index in [2.05, 4.69) is 0 Å². The summed E-state index contributed by atoms with van der Waals surface area (Å²) < 4.78 is 21.8. The highest BCUT2D eigenvalue weighted by molar-refractivity contribution is 7.61. The SMILES string of the molecule is C/C=C(\Cl)P(=O)(OCC)OCC. The summed E-state index contributed by atoms with van der Waals surface area (Å²) in [7, 11) is -3.18. The molecule has 0 radical (unpaired) electrons. The minimum Gasteiger partial charge on any atom is -0.305 e. The van der Waals surface area contributed by atoms with Crippen molar-refractivity contribution < 1.29 is 13.6 Å². The molecule has 72 valence electrons. The molecule has 0 fully saturated rings. The first-order valence-corrected chi connectivity index (χ1v) is 5.74. The molecule has 0 aromatic heterocycles. The van der Waals surface area contributed by atoms with Gasteiger partial charge in [0.1, 0.15) is 4.77 Å². The zero-order chi connectivity index (χ0) is 9.61. The van der Waals surface area contributed by atoms with Gasteiger partial charge >= 0.3 is 7.60 Å². The van der Waals surface area contributed by atoms with Gasteiger partial charge in [-0.2, -0.15) is 0 Å². The van der Waals surface area contributed by atoms with Gasteiger partial charge < -0.3 is 9.05 Å². The summed E-state index contributed by atoms with van der Waals surface area (Å²) in [6.07, 6.45) is 1.52. The van der Waals surface area contributed by atoms with Gasteiger partial charge in [0.15, 0.2) is 0 Å². The Morgan fingerprint density at radius 3 is 2.08 bits per heavy atom. The Bertz CT molecular complexity index is 193. The Labute approximate surface area is 78.2 Å². The summed E-state index contributed by atoms with van der Waals surface area (Å²) in [5, 5.41) is 0. The monoisotopic (exact) mass is 212 g/mol. The van der Waals surface area contributed by atoms with Gasteiger partial charge in [-0.25, -0.2) is 0 Å². The number of hydrogen-bond acceptors (Lipinski definition) is 3. The van der Waals surface area contributed by atoms with Gasteiger partial charge in [0.05, 0.1) is 13.2 Å². The van der Waals surface area contributed by atoms with Crippen LogP contribution in [0.4, 0.5) is 0 Å². The van der Waals surface area contributed by atoms with Crippen molar-refractivity contribution in [2.75, 3.05) is 13.2 Å². The summed E-state index contributed by atoms with van der Waals surface area (Å²) in [5.41, 5.74) is 0. The second kappa shape index (κ2) is 5.76. The van der Waals surface area contributed by atoms with Crippen LogP contribution in [0.5, 0.6) is 0 Å². The number of halogens is 1. The molecule has 0 aromatic rings. The molecule has 0 unspecified atom stereocenters. The van der Waals surface area contributed by atoms with Crippen molar-refractivity contribution in [3.63, 3.8) is 0 Å². The van der Waals surface area contributed by atoms with E-state index in [1.54, 1.807) is 20.8 Å². The molecular weight excluding hydrogens is 199 g/mol. The fourth-order valence-corrected chi connectivity index (χ4v) is 2.27. The highest BCUT2D eigenvalue weighted by atomic mass is 35.5. The molecule has 0 atom stereocenters. The maximum absolute atomic E-state index is 11.7. The zero-order valence-corrected chi connectivity index (χ0v) is 9.19. The molecule has 0 aromatic carbocycles. The molecule has 0 spiro atoms. The van der Waals surface area contributed by atoms with Crippen molar-refractivity contribution in [1.82, 2.24) is 0 Å². The first-order valence-electron chi connectivity index (χ1n) is 3.82. The van der Waals surface area contributed by atoms with Gasteiger partial charge in [-0.1, -0.05) is 17.7 Å². The van der Waals surface area contributed by atoms with E-state index in [4.69, 9.17) is 20.6 Å². The minimum absolute atomic E-state index is 0.145. The lowest BCUT2D eigenvalue weighted by molar-refractivity contribution is 0.228. The second-order valence-corrected chi connectivity index (χ2v) is 4.61. The van der Waals surface area contributed by atoms with Crippen LogP contribution in [0.2, 0.25) is 0 Å². The third-order valence-corrected chi connectivity index (χ3v) is 3.91. The Kier molecular flexibility index (Phi) is 5.85. The summed E-state index contributed by atoms with van der Waals surface area (Å²) >= 11 is 5.68.